The van der Waals surface area contributed by atoms with E-state index in [0.717, 1.165) is 31.9 Å². The van der Waals surface area contributed by atoms with Crippen molar-refractivity contribution < 1.29 is 9.53 Å². The highest BCUT2D eigenvalue weighted by Gasteiger charge is 2.13. The smallest absolute Gasteiger partial charge is 0.267 e. The molecule has 6 nitrogen and oxygen atoms in total. The Morgan fingerprint density at radius 2 is 2.23 bits per heavy atom. The molecule has 1 saturated heterocycles. The Labute approximate surface area is 133 Å². The van der Waals surface area contributed by atoms with Crippen LogP contribution in [0.3, 0.4) is 0 Å². The number of carbonyl (C=O) groups excluding carboxylic acids is 1. The van der Waals surface area contributed by atoms with Crippen molar-refractivity contribution in [2.45, 2.75) is 0 Å². The van der Waals surface area contributed by atoms with Crippen LogP contribution in [0, 0.1) is 0 Å². The van der Waals surface area contributed by atoms with Gasteiger partial charge in [0.05, 0.1) is 23.9 Å². The van der Waals surface area contributed by atoms with Crippen LogP contribution in [0.25, 0.3) is 0 Å². The molecule has 3 heterocycles. The molecule has 1 aliphatic heterocycles. The van der Waals surface area contributed by atoms with Crippen LogP contribution in [0.5, 0.6) is 5.75 Å². The second-order valence-corrected chi connectivity index (χ2v) is 5.85. The van der Waals surface area contributed by atoms with Crippen molar-refractivity contribution in [1.82, 2.24) is 10.3 Å². The summed E-state index contributed by atoms with van der Waals surface area (Å²) in [5, 5.41) is 7.92. The van der Waals surface area contributed by atoms with E-state index in [1.807, 2.05) is 12.1 Å². The van der Waals surface area contributed by atoms with Gasteiger partial charge in [-0.3, -0.25) is 4.79 Å². The van der Waals surface area contributed by atoms with Gasteiger partial charge in [-0.2, -0.15) is 0 Å². The van der Waals surface area contributed by atoms with Gasteiger partial charge in [-0.1, -0.05) is 0 Å². The molecular formula is C15H18N4O2S. The lowest BCUT2D eigenvalue weighted by Gasteiger charge is -2.29. The third kappa shape index (κ3) is 3.37. The van der Waals surface area contributed by atoms with Crippen molar-refractivity contribution in [2.24, 2.45) is 0 Å². The second-order valence-electron chi connectivity index (χ2n) is 4.94. The van der Waals surface area contributed by atoms with Crippen LogP contribution in [0.1, 0.15) is 9.67 Å². The molecule has 2 aromatic heterocycles. The monoisotopic (exact) mass is 318 g/mol. The normalized spacial score (nSPS) is 14.7. The topological polar surface area (TPSA) is 66.5 Å². The van der Waals surface area contributed by atoms with E-state index in [1.165, 1.54) is 11.3 Å². The number of ether oxygens (including phenoxy) is 1. The Morgan fingerprint density at radius 1 is 1.41 bits per heavy atom. The molecule has 116 valence electrons. The highest BCUT2D eigenvalue weighted by atomic mass is 32.1. The summed E-state index contributed by atoms with van der Waals surface area (Å²) in [6.07, 6.45) is 1.80. The summed E-state index contributed by atoms with van der Waals surface area (Å²) in [6.45, 7) is 3.92. The lowest BCUT2D eigenvalue weighted by Crippen LogP contribution is -2.43. The molecule has 0 saturated carbocycles. The largest absolute Gasteiger partial charge is 0.496 e. The van der Waals surface area contributed by atoms with Crippen molar-refractivity contribution in [3.63, 3.8) is 0 Å². The fraction of sp³-hybridized carbons (Fsp3) is 0.333. The maximum atomic E-state index is 12.1. The minimum absolute atomic E-state index is 0.171. The first-order valence-electron chi connectivity index (χ1n) is 7.12. The van der Waals surface area contributed by atoms with Gasteiger partial charge in [0.2, 0.25) is 0 Å². The zero-order valence-corrected chi connectivity index (χ0v) is 13.2. The maximum Gasteiger partial charge on any atom is 0.267 e. The molecule has 1 aliphatic rings. The van der Waals surface area contributed by atoms with Crippen LogP contribution >= 0.6 is 11.3 Å². The number of methoxy groups -OCH3 is 1. The van der Waals surface area contributed by atoms with E-state index < -0.39 is 0 Å². The molecule has 2 N–H and O–H groups in total. The average Bonchev–Trinajstić information content (AvgIpc) is 3.06. The van der Waals surface area contributed by atoms with E-state index >= 15 is 0 Å². The number of piperazine rings is 1. The summed E-state index contributed by atoms with van der Waals surface area (Å²) >= 11 is 1.35. The van der Waals surface area contributed by atoms with E-state index in [2.05, 4.69) is 20.5 Å². The van der Waals surface area contributed by atoms with E-state index in [4.69, 9.17) is 4.74 Å². The van der Waals surface area contributed by atoms with E-state index in [-0.39, 0.29) is 5.91 Å². The summed E-state index contributed by atoms with van der Waals surface area (Å²) in [4.78, 5) is 19.3. The number of rotatable bonds is 4. The zero-order valence-electron chi connectivity index (χ0n) is 12.3. The third-order valence-electron chi connectivity index (χ3n) is 3.51. The van der Waals surface area contributed by atoms with Crippen LogP contribution in [0.15, 0.2) is 29.8 Å². The molecule has 7 heteroatoms. The van der Waals surface area contributed by atoms with Gasteiger partial charge in [-0.25, -0.2) is 4.98 Å². The van der Waals surface area contributed by atoms with E-state index in [1.54, 1.807) is 24.8 Å². The average molecular weight is 318 g/mol. The number of carbonyl (C=O) groups is 1. The Balaban J connectivity index is 1.64. The molecular weight excluding hydrogens is 300 g/mol. The van der Waals surface area contributed by atoms with E-state index in [0.29, 0.717) is 16.4 Å². The number of pyridine rings is 1. The molecule has 0 bridgehead atoms. The zero-order chi connectivity index (χ0) is 15.4. The Bertz CT molecular complexity index is 635. The Hall–Kier alpha value is -2.12. The van der Waals surface area contributed by atoms with Crippen LogP contribution in [-0.4, -0.2) is 44.2 Å². The van der Waals surface area contributed by atoms with Crippen LogP contribution in [0.2, 0.25) is 0 Å². The molecule has 3 rings (SSSR count). The number of amides is 1. The summed E-state index contributed by atoms with van der Waals surface area (Å²) in [5.41, 5.74) is 1.08. The predicted molar refractivity (Wildman–Crippen MR) is 88.1 cm³/mol. The summed E-state index contributed by atoms with van der Waals surface area (Å²) < 4.78 is 5.08. The van der Waals surface area contributed by atoms with E-state index in [9.17, 15) is 4.79 Å². The SMILES string of the molecule is COc1csc(C(=O)Nc2ccc(N3CCNCC3)cn2)c1. The Kier molecular flexibility index (Phi) is 4.55. The van der Waals surface area contributed by atoms with Crippen molar-refractivity contribution in [2.75, 3.05) is 43.5 Å². The highest BCUT2D eigenvalue weighted by Crippen LogP contribution is 2.22. The summed E-state index contributed by atoms with van der Waals surface area (Å²) in [7, 11) is 1.58. The van der Waals surface area contributed by atoms with Gasteiger partial charge in [0.15, 0.2) is 0 Å². The van der Waals surface area contributed by atoms with Crippen LogP contribution in [-0.2, 0) is 0 Å². The summed E-state index contributed by atoms with van der Waals surface area (Å²) in [5.74, 6) is 1.07. The first kappa shape index (κ1) is 14.8. The minimum Gasteiger partial charge on any atom is -0.496 e. The maximum absolute atomic E-state index is 12.1. The third-order valence-corrected chi connectivity index (χ3v) is 4.41. The van der Waals surface area contributed by atoms with Crippen LogP contribution in [0.4, 0.5) is 11.5 Å². The van der Waals surface area contributed by atoms with Crippen molar-refractivity contribution >= 4 is 28.7 Å². The number of thiophene rings is 1. The molecule has 22 heavy (non-hydrogen) atoms. The minimum atomic E-state index is -0.171. The van der Waals surface area contributed by atoms with Gasteiger partial charge < -0.3 is 20.3 Å². The van der Waals surface area contributed by atoms with Crippen molar-refractivity contribution in [1.29, 1.82) is 0 Å². The lowest BCUT2D eigenvalue weighted by atomic mass is 10.3. The highest BCUT2D eigenvalue weighted by molar-refractivity contribution is 7.12. The number of nitrogens with one attached hydrogen (secondary N) is 2. The lowest BCUT2D eigenvalue weighted by molar-refractivity contribution is 0.103. The first-order chi connectivity index (χ1) is 10.8. The number of hydrogen-bond donors (Lipinski definition) is 2. The molecule has 0 aromatic carbocycles. The van der Waals surface area contributed by atoms with Crippen LogP contribution < -0.4 is 20.3 Å². The molecule has 2 aromatic rings. The molecule has 0 radical (unpaired) electrons. The molecule has 0 atom stereocenters. The van der Waals surface area contributed by atoms with Crippen molar-refractivity contribution in [3.05, 3.63) is 34.7 Å². The number of hydrogen-bond acceptors (Lipinski definition) is 6. The van der Waals surface area contributed by atoms with Gasteiger partial charge in [-0.05, 0) is 12.1 Å². The number of anilines is 2. The standard InChI is InChI=1S/C15H18N4O2S/c1-21-12-8-13(22-10-12)15(20)18-14-3-2-11(9-17-14)19-6-4-16-5-7-19/h2-3,8-10,16H,4-7H2,1H3,(H,17,18,20). The molecule has 0 aliphatic carbocycles. The second kappa shape index (κ2) is 6.76. The van der Waals surface area contributed by atoms with Crippen molar-refractivity contribution in [3.8, 4) is 5.75 Å². The predicted octanol–water partition coefficient (Wildman–Crippen LogP) is 1.81. The quantitative estimate of drug-likeness (QED) is 0.900. The van der Waals surface area contributed by atoms with Gasteiger partial charge in [0.1, 0.15) is 11.6 Å². The fourth-order valence-corrected chi connectivity index (χ4v) is 3.04. The Morgan fingerprint density at radius 3 is 2.86 bits per heavy atom. The van der Waals surface area contributed by atoms with Gasteiger partial charge in [-0.15, -0.1) is 11.3 Å². The number of aromatic nitrogens is 1. The van der Waals surface area contributed by atoms with Gasteiger partial charge >= 0.3 is 0 Å². The first-order valence-corrected chi connectivity index (χ1v) is 8.00. The molecule has 1 amide bonds. The fourth-order valence-electron chi connectivity index (χ4n) is 2.29. The molecule has 1 fully saturated rings. The van der Waals surface area contributed by atoms with Gasteiger partial charge in [0.25, 0.3) is 5.91 Å². The number of nitrogens with zero attached hydrogens (tertiary/aromatic N) is 2. The summed E-state index contributed by atoms with van der Waals surface area (Å²) in [6, 6.07) is 5.54. The molecule has 0 spiro atoms. The molecule has 0 unspecified atom stereocenters. The van der Waals surface area contributed by atoms with Gasteiger partial charge in [0, 0.05) is 37.6 Å².